The quantitative estimate of drug-likeness (QED) is 0.762. The predicted octanol–water partition coefficient (Wildman–Crippen LogP) is 4.51. The maximum absolute atomic E-state index is 9.28. The molecule has 18 heavy (non-hydrogen) atoms. The van der Waals surface area contributed by atoms with Crippen molar-refractivity contribution in [1.82, 2.24) is 0 Å². The zero-order valence-electron chi connectivity index (χ0n) is 10.1. The Labute approximate surface area is 107 Å². The van der Waals surface area contributed by atoms with Gasteiger partial charge in [0.25, 0.3) is 0 Å². The summed E-state index contributed by atoms with van der Waals surface area (Å²) in [6, 6.07) is 16.0. The second-order valence-corrected chi connectivity index (χ2v) is 3.91. The van der Waals surface area contributed by atoms with E-state index in [4.69, 9.17) is 0 Å². The number of hydrogen-bond donors (Lipinski definition) is 0. The number of benzene rings is 2. The summed E-state index contributed by atoms with van der Waals surface area (Å²) in [7, 11) is 0. The first kappa shape index (κ1) is 11.9. The fourth-order valence-electron chi connectivity index (χ4n) is 1.90. The number of hydrogen-bond acceptors (Lipinski definition) is 1. The Morgan fingerprint density at radius 3 is 2.22 bits per heavy atom. The largest absolute Gasteiger partial charge is 0.192 e. The minimum absolute atomic E-state index is 0.666. The molecule has 0 aliphatic heterocycles. The van der Waals surface area contributed by atoms with E-state index in [1.165, 1.54) is 0 Å². The van der Waals surface area contributed by atoms with Crippen molar-refractivity contribution in [3.8, 4) is 17.2 Å². The van der Waals surface area contributed by atoms with Gasteiger partial charge in [-0.2, -0.15) is 5.26 Å². The lowest BCUT2D eigenvalue weighted by molar-refractivity contribution is 1.46. The first-order valence-corrected chi connectivity index (χ1v) is 5.68. The van der Waals surface area contributed by atoms with Crippen LogP contribution < -0.4 is 0 Å². The second-order valence-electron chi connectivity index (χ2n) is 3.91. The minimum Gasteiger partial charge on any atom is -0.192 e. The minimum atomic E-state index is 0.666. The smallest absolute Gasteiger partial charge is 0.100 e. The summed E-state index contributed by atoms with van der Waals surface area (Å²) in [6.45, 7) is 7.47. The van der Waals surface area contributed by atoms with Crippen molar-refractivity contribution in [2.24, 2.45) is 0 Å². The van der Waals surface area contributed by atoms with Crippen molar-refractivity contribution in [2.45, 2.75) is 0 Å². The molecule has 0 saturated heterocycles. The summed E-state index contributed by atoms with van der Waals surface area (Å²) in [6.07, 6.45) is 3.51. The maximum atomic E-state index is 9.28. The molecule has 1 nitrogen and oxygen atoms in total. The second kappa shape index (κ2) is 5.16. The van der Waals surface area contributed by atoms with Crippen LogP contribution >= 0.6 is 0 Å². The molecule has 0 N–H and O–H groups in total. The van der Waals surface area contributed by atoms with E-state index >= 15 is 0 Å². The standard InChI is InChI=1S/C17H13N/c1-3-13-8-10-15(11-9-13)16-7-5-6-14(4-2)17(16)12-18/h3-11H,1-2H2. The number of rotatable bonds is 3. The molecule has 2 aromatic rings. The highest BCUT2D eigenvalue weighted by molar-refractivity contribution is 5.76. The summed E-state index contributed by atoms with van der Waals surface area (Å²) < 4.78 is 0. The highest BCUT2D eigenvalue weighted by Gasteiger charge is 2.07. The molecule has 0 unspecified atom stereocenters. The van der Waals surface area contributed by atoms with Crippen LogP contribution in [0.2, 0.25) is 0 Å². The van der Waals surface area contributed by atoms with Gasteiger partial charge in [0, 0.05) is 5.56 Å². The van der Waals surface area contributed by atoms with Crippen LogP contribution in [0.15, 0.2) is 55.6 Å². The van der Waals surface area contributed by atoms with E-state index in [0.717, 1.165) is 22.3 Å². The van der Waals surface area contributed by atoms with E-state index in [2.05, 4.69) is 19.2 Å². The summed E-state index contributed by atoms with van der Waals surface area (Å²) in [5.74, 6) is 0. The van der Waals surface area contributed by atoms with E-state index in [1.807, 2.05) is 42.5 Å². The topological polar surface area (TPSA) is 23.8 Å². The highest BCUT2D eigenvalue weighted by atomic mass is 14.3. The van der Waals surface area contributed by atoms with Gasteiger partial charge in [0.05, 0.1) is 5.56 Å². The van der Waals surface area contributed by atoms with Crippen LogP contribution in [0.1, 0.15) is 16.7 Å². The number of nitrogens with zero attached hydrogens (tertiary/aromatic N) is 1. The average molecular weight is 231 g/mol. The average Bonchev–Trinajstić information content (AvgIpc) is 2.46. The molecule has 0 radical (unpaired) electrons. The Morgan fingerprint density at radius 2 is 1.67 bits per heavy atom. The summed E-state index contributed by atoms with van der Waals surface area (Å²) in [5.41, 5.74) is 4.56. The molecule has 0 aliphatic carbocycles. The molecular formula is C17H13N. The van der Waals surface area contributed by atoms with Crippen molar-refractivity contribution < 1.29 is 0 Å². The molecule has 0 fully saturated rings. The van der Waals surface area contributed by atoms with Gasteiger partial charge in [0.1, 0.15) is 6.07 Å². The molecule has 2 aromatic carbocycles. The zero-order valence-corrected chi connectivity index (χ0v) is 10.1. The predicted molar refractivity (Wildman–Crippen MR) is 76.8 cm³/mol. The molecule has 0 heterocycles. The van der Waals surface area contributed by atoms with Gasteiger partial charge < -0.3 is 0 Å². The Balaban J connectivity index is 2.60. The molecule has 86 valence electrons. The Bertz CT molecular complexity index is 628. The van der Waals surface area contributed by atoms with Gasteiger partial charge in [0.2, 0.25) is 0 Å². The van der Waals surface area contributed by atoms with Gasteiger partial charge in [-0.25, -0.2) is 0 Å². The van der Waals surface area contributed by atoms with Crippen LogP contribution in [-0.2, 0) is 0 Å². The molecule has 1 heteroatoms. The maximum Gasteiger partial charge on any atom is 0.100 e. The van der Waals surface area contributed by atoms with Crippen molar-refractivity contribution in [2.75, 3.05) is 0 Å². The van der Waals surface area contributed by atoms with Gasteiger partial charge in [0.15, 0.2) is 0 Å². The van der Waals surface area contributed by atoms with Crippen molar-refractivity contribution in [3.63, 3.8) is 0 Å². The molecular weight excluding hydrogens is 218 g/mol. The SMILES string of the molecule is C=Cc1ccc(-c2cccc(C=C)c2C#N)cc1. The molecule has 0 saturated carbocycles. The lowest BCUT2D eigenvalue weighted by Gasteiger charge is -2.07. The Hall–Kier alpha value is -2.59. The third kappa shape index (κ3) is 2.09. The molecule has 0 bridgehead atoms. The molecule has 0 aromatic heterocycles. The summed E-state index contributed by atoms with van der Waals surface area (Å²) in [4.78, 5) is 0. The lowest BCUT2D eigenvalue weighted by Crippen LogP contribution is -1.88. The summed E-state index contributed by atoms with van der Waals surface area (Å²) in [5, 5.41) is 9.28. The van der Waals surface area contributed by atoms with Crippen molar-refractivity contribution >= 4 is 12.2 Å². The fourth-order valence-corrected chi connectivity index (χ4v) is 1.90. The first-order chi connectivity index (χ1) is 8.80. The van der Waals surface area contributed by atoms with Crippen LogP contribution in [0, 0.1) is 11.3 Å². The Morgan fingerprint density at radius 1 is 0.944 bits per heavy atom. The van der Waals surface area contributed by atoms with Crippen LogP contribution in [0.4, 0.5) is 0 Å². The summed E-state index contributed by atoms with van der Waals surface area (Å²) >= 11 is 0. The van der Waals surface area contributed by atoms with Crippen LogP contribution in [0.5, 0.6) is 0 Å². The third-order valence-corrected chi connectivity index (χ3v) is 2.89. The third-order valence-electron chi connectivity index (χ3n) is 2.89. The molecule has 0 atom stereocenters. The van der Waals surface area contributed by atoms with E-state index in [-0.39, 0.29) is 0 Å². The van der Waals surface area contributed by atoms with E-state index in [0.29, 0.717) is 5.56 Å². The molecule has 2 rings (SSSR count). The first-order valence-electron chi connectivity index (χ1n) is 5.68. The monoisotopic (exact) mass is 231 g/mol. The molecule has 0 aliphatic rings. The van der Waals surface area contributed by atoms with E-state index in [9.17, 15) is 5.26 Å². The van der Waals surface area contributed by atoms with Crippen molar-refractivity contribution in [1.29, 1.82) is 5.26 Å². The molecule has 0 amide bonds. The Kier molecular flexibility index (Phi) is 3.41. The van der Waals surface area contributed by atoms with Crippen LogP contribution in [0.25, 0.3) is 23.3 Å². The van der Waals surface area contributed by atoms with Gasteiger partial charge in [-0.05, 0) is 16.7 Å². The zero-order chi connectivity index (χ0) is 13.0. The van der Waals surface area contributed by atoms with Crippen LogP contribution in [0.3, 0.4) is 0 Å². The lowest BCUT2D eigenvalue weighted by atomic mass is 9.95. The van der Waals surface area contributed by atoms with Crippen molar-refractivity contribution in [3.05, 3.63) is 72.3 Å². The van der Waals surface area contributed by atoms with E-state index < -0.39 is 0 Å². The van der Waals surface area contributed by atoms with Gasteiger partial charge in [-0.1, -0.05) is 67.8 Å². The van der Waals surface area contributed by atoms with E-state index in [1.54, 1.807) is 12.2 Å². The van der Waals surface area contributed by atoms with Gasteiger partial charge >= 0.3 is 0 Å². The highest BCUT2D eigenvalue weighted by Crippen LogP contribution is 2.26. The van der Waals surface area contributed by atoms with Gasteiger partial charge in [-0.3, -0.25) is 0 Å². The van der Waals surface area contributed by atoms with Crippen LogP contribution in [-0.4, -0.2) is 0 Å². The molecule has 0 spiro atoms. The number of nitriles is 1. The van der Waals surface area contributed by atoms with Gasteiger partial charge in [-0.15, -0.1) is 0 Å². The normalized spacial score (nSPS) is 9.50. The fraction of sp³-hybridized carbons (Fsp3) is 0.